The Morgan fingerprint density at radius 1 is 1.05 bits per heavy atom. The largest absolute Gasteiger partial charge is 0.496 e. The summed E-state index contributed by atoms with van der Waals surface area (Å²) in [6.45, 7) is 5.84. The van der Waals surface area contributed by atoms with Crippen LogP contribution in [0.2, 0.25) is 0 Å². The summed E-state index contributed by atoms with van der Waals surface area (Å²) >= 11 is 0. The van der Waals surface area contributed by atoms with E-state index in [1.165, 1.54) is 0 Å². The van der Waals surface area contributed by atoms with Gasteiger partial charge in [0.2, 0.25) is 0 Å². The smallest absolute Gasteiger partial charge is 0.183 e. The molecule has 0 amide bonds. The molecule has 228 valence electrons. The predicted octanol–water partition coefficient (Wildman–Crippen LogP) is 5.61. The van der Waals surface area contributed by atoms with Crippen LogP contribution in [0.3, 0.4) is 0 Å². The Labute approximate surface area is 257 Å². The molecule has 44 heavy (non-hydrogen) atoms. The number of carbonyl (C=O) groups excluding carboxylic acids is 1. The number of nitrogens with zero attached hydrogens (tertiary/aromatic N) is 5. The van der Waals surface area contributed by atoms with Crippen LogP contribution in [0, 0.1) is 6.92 Å². The van der Waals surface area contributed by atoms with Crippen LogP contribution in [0.1, 0.15) is 52.8 Å². The number of hydrogen-bond acceptors (Lipinski definition) is 7. The van der Waals surface area contributed by atoms with E-state index in [1.807, 2.05) is 67.3 Å². The molecule has 0 saturated carbocycles. The van der Waals surface area contributed by atoms with Crippen molar-refractivity contribution >= 4 is 22.2 Å². The first-order valence-electron chi connectivity index (χ1n) is 15.4. The zero-order chi connectivity index (χ0) is 30.4. The number of Topliss-reactive ketones (excluding diaryl/α,β-unsaturated/α-hetero) is 1. The van der Waals surface area contributed by atoms with Gasteiger partial charge < -0.3 is 18.8 Å². The average Bonchev–Trinajstić information content (AvgIpc) is 3.78. The van der Waals surface area contributed by atoms with Gasteiger partial charge in [0.05, 0.1) is 42.3 Å². The van der Waals surface area contributed by atoms with Crippen LogP contribution in [0.15, 0.2) is 54.9 Å². The van der Waals surface area contributed by atoms with Crippen LogP contribution in [-0.2, 0) is 18.2 Å². The van der Waals surface area contributed by atoms with Crippen molar-refractivity contribution in [2.75, 3.05) is 40.5 Å². The summed E-state index contributed by atoms with van der Waals surface area (Å²) in [6, 6.07) is 14.4. The Kier molecular flexibility index (Phi) is 7.60. The molecule has 7 rings (SSSR count). The van der Waals surface area contributed by atoms with Crippen LogP contribution in [-0.4, -0.2) is 76.2 Å². The van der Waals surface area contributed by atoms with E-state index in [4.69, 9.17) is 19.2 Å². The monoisotopic (exact) mass is 593 g/mol. The van der Waals surface area contributed by atoms with Crippen molar-refractivity contribution in [3.8, 4) is 22.8 Å². The van der Waals surface area contributed by atoms with E-state index in [-0.39, 0.29) is 12.2 Å². The lowest BCUT2D eigenvalue weighted by Crippen LogP contribution is -2.37. The molecule has 5 aromatic rings. The SMILES string of the molecule is COc1cc(-c2nc([C@@H]3CCN(C4CCOCC4)C3)n3ccnc(C)c23)ccc1CC(=O)c1cc2c(OC)cccc2n1C. The van der Waals surface area contributed by atoms with Crippen LogP contribution in [0.5, 0.6) is 11.5 Å². The highest BCUT2D eigenvalue weighted by molar-refractivity contribution is 6.02. The third kappa shape index (κ3) is 4.94. The molecule has 3 aromatic heterocycles. The average molecular weight is 594 g/mol. The molecule has 0 N–H and O–H groups in total. The molecule has 2 saturated heterocycles. The Morgan fingerprint density at radius 3 is 2.66 bits per heavy atom. The molecule has 5 heterocycles. The summed E-state index contributed by atoms with van der Waals surface area (Å²) in [5, 5.41) is 0.924. The van der Waals surface area contributed by atoms with Crippen LogP contribution < -0.4 is 9.47 Å². The lowest BCUT2D eigenvalue weighted by atomic mass is 10.0. The van der Waals surface area contributed by atoms with E-state index >= 15 is 0 Å². The number of imidazole rings is 1. The highest BCUT2D eigenvalue weighted by Gasteiger charge is 2.33. The van der Waals surface area contributed by atoms with Crippen molar-refractivity contribution < 1.29 is 19.0 Å². The van der Waals surface area contributed by atoms with Gasteiger partial charge in [0.1, 0.15) is 17.3 Å². The van der Waals surface area contributed by atoms with Crippen molar-refractivity contribution in [3.63, 3.8) is 0 Å². The van der Waals surface area contributed by atoms with Gasteiger partial charge in [0, 0.05) is 74.1 Å². The van der Waals surface area contributed by atoms with Crippen LogP contribution >= 0.6 is 0 Å². The molecular weight excluding hydrogens is 554 g/mol. The molecule has 9 heteroatoms. The van der Waals surface area contributed by atoms with E-state index in [0.29, 0.717) is 23.4 Å². The first-order chi connectivity index (χ1) is 21.5. The fraction of sp³-hybridized carbons (Fsp3) is 0.400. The number of ether oxygens (including phenoxy) is 3. The minimum Gasteiger partial charge on any atom is -0.496 e. The van der Waals surface area contributed by atoms with E-state index in [9.17, 15) is 4.79 Å². The zero-order valence-corrected chi connectivity index (χ0v) is 25.9. The molecule has 1 atom stereocenters. The highest BCUT2D eigenvalue weighted by Crippen LogP contribution is 2.37. The third-order valence-corrected chi connectivity index (χ3v) is 9.52. The van der Waals surface area contributed by atoms with Gasteiger partial charge in [0.15, 0.2) is 5.78 Å². The quantitative estimate of drug-likeness (QED) is 0.216. The fourth-order valence-electron chi connectivity index (χ4n) is 7.17. The van der Waals surface area contributed by atoms with Gasteiger partial charge in [-0.25, -0.2) is 4.98 Å². The number of ketones is 1. The van der Waals surface area contributed by atoms with Crippen molar-refractivity contribution in [2.24, 2.45) is 7.05 Å². The number of aromatic nitrogens is 4. The fourth-order valence-corrected chi connectivity index (χ4v) is 7.17. The number of likely N-dealkylation sites (tertiary alicyclic amines) is 1. The van der Waals surface area contributed by atoms with Crippen LogP contribution in [0.25, 0.3) is 27.7 Å². The van der Waals surface area contributed by atoms with E-state index in [0.717, 1.165) is 96.1 Å². The Bertz CT molecular complexity index is 1850. The molecule has 2 aromatic carbocycles. The van der Waals surface area contributed by atoms with Crippen molar-refractivity contribution in [1.82, 2.24) is 23.8 Å². The third-order valence-electron chi connectivity index (χ3n) is 9.52. The lowest BCUT2D eigenvalue weighted by Gasteiger charge is -2.30. The Morgan fingerprint density at radius 2 is 1.86 bits per heavy atom. The van der Waals surface area contributed by atoms with E-state index in [2.05, 4.69) is 20.4 Å². The molecule has 0 bridgehead atoms. The van der Waals surface area contributed by atoms with E-state index < -0.39 is 0 Å². The standard InChI is InChI=1S/C35H39N5O4/c1-22-34-33(37-35(40(34)15-13-36-22)25-10-14-39(21-25)26-11-16-44-17-12-26)24-9-8-23(32(19-24)43-4)18-30(41)29-20-27-28(38(29)2)6-5-7-31(27)42-3/h5-9,13,15,19-20,25-26H,10-12,14,16-18,21H2,1-4H3/t25-/m1/s1. The second-order valence-electron chi connectivity index (χ2n) is 12.0. The molecule has 0 radical (unpaired) electrons. The number of hydrogen-bond donors (Lipinski definition) is 0. The van der Waals surface area contributed by atoms with Gasteiger partial charge >= 0.3 is 0 Å². The first kappa shape index (κ1) is 28.6. The highest BCUT2D eigenvalue weighted by atomic mass is 16.5. The summed E-state index contributed by atoms with van der Waals surface area (Å²) in [4.78, 5) is 26.1. The van der Waals surface area contributed by atoms with Gasteiger partial charge in [0.25, 0.3) is 0 Å². The second kappa shape index (κ2) is 11.7. The van der Waals surface area contributed by atoms with Gasteiger partial charge in [-0.3, -0.25) is 19.1 Å². The van der Waals surface area contributed by atoms with Crippen molar-refractivity contribution in [3.05, 3.63) is 77.6 Å². The van der Waals surface area contributed by atoms with Gasteiger partial charge in [-0.05, 0) is 57.0 Å². The maximum atomic E-state index is 13.6. The molecule has 2 aliphatic heterocycles. The summed E-state index contributed by atoms with van der Waals surface area (Å²) in [5.41, 5.74) is 6.22. The maximum absolute atomic E-state index is 13.6. The molecule has 2 aliphatic rings. The number of fused-ring (bicyclic) bond motifs is 2. The molecule has 9 nitrogen and oxygen atoms in total. The molecule has 0 unspecified atom stereocenters. The minimum atomic E-state index is 0.0156. The van der Waals surface area contributed by atoms with Crippen LogP contribution in [0.4, 0.5) is 0 Å². The predicted molar refractivity (Wildman–Crippen MR) is 170 cm³/mol. The topological polar surface area (TPSA) is 83.1 Å². The van der Waals surface area contributed by atoms with Gasteiger partial charge in [-0.2, -0.15) is 0 Å². The Hall–Kier alpha value is -4.21. The van der Waals surface area contributed by atoms with Crippen molar-refractivity contribution in [1.29, 1.82) is 0 Å². The summed E-state index contributed by atoms with van der Waals surface area (Å²) < 4.78 is 21.2. The summed E-state index contributed by atoms with van der Waals surface area (Å²) in [5.74, 6) is 2.87. The maximum Gasteiger partial charge on any atom is 0.183 e. The molecule has 0 spiro atoms. The summed E-state index contributed by atoms with van der Waals surface area (Å²) in [6.07, 6.45) is 7.41. The Balaban J connectivity index is 1.19. The number of carbonyl (C=O) groups is 1. The molecule has 0 aliphatic carbocycles. The number of rotatable bonds is 8. The number of benzene rings is 2. The van der Waals surface area contributed by atoms with E-state index in [1.54, 1.807) is 14.2 Å². The number of aryl methyl sites for hydroxylation is 2. The van der Waals surface area contributed by atoms with Gasteiger partial charge in [-0.15, -0.1) is 0 Å². The minimum absolute atomic E-state index is 0.0156. The van der Waals surface area contributed by atoms with Gasteiger partial charge in [-0.1, -0.05) is 18.2 Å². The normalized spacial score (nSPS) is 18.0. The summed E-state index contributed by atoms with van der Waals surface area (Å²) in [7, 11) is 5.22. The zero-order valence-electron chi connectivity index (χ0n) is 25.9. The molecular formula is C35H39N5O4. The second-order valence-corrected chi connectivity index (χ2v) is 12.0. The first-order valence-corrected chi connectivity index (χ1v) is 15.4. The number of methoxy groups -OCH3 is 2. The lowest BCUT2D eigenvalue weighted by molar-refractivity contribution is 0.0419. The molecule has 2 fully saturated rings. The van der Waals surface area contributed by atoms with Crippen molar-refractivity contribution in [2.45, 2.75) is 44.6 Å².